The van der Waals surface area contributed by atoms with Gasteiger partial charge in [-0.3, -0.25) is 4.79 Å². The second kappa shape index (κ2) is 7.48. The molecule has 1 fully saturated rings. The molecule has 3 heterocycles. The van der Waals surface area contributed by atoms with Crippen molar-refractivity contribution < 1.29 is 14.3 Å². The Balaban J connectivity index is 1.72. The van der Waals surface area contributed by atoms with Gasteiger partial charge in [0.15, 0.2) is 0 Å². The van der Waals surface area contributed by atoms with Crippen molar-refractivity contribution >= 4 is 23.2 Å². The number of ether oxygens (including phenoxy) is 2. The third kappa shape index (κ3) is 3.59. The van der Waals surface area contributed by atoms with Crippen LogP contribution in [0.15, 0.2) is 22.9 Å². The summed E-state index contributed by atoms with van der Waals surface area (Å²) < 4.78 is 10.4. The number of hydrogen-bond donors (Lipinski definition) is 0. The summed E-state index contributed by atoms with van der Waals surface area (Å²) >= 11 is 1.54. The number of thiophene rings is 1. The highest BCUT2D eigenvalue weighted by Gasteiger charge is 2.22. The summed E-state index contributed by atoms with van der Waals surface area (Å²) in [5.41, 5.74) is 0.757. The van der Waals surface area contributed by atoms with Crippen LogP contribution in [0.4, 0.5) is 5.95 Å². The fraction of sp³-hybridized carbons (Fsp3) is 0.438. The maximum atomic E-state index is 12.5. The topological polar surface area (TPSA) is 67.8 Å². The molecule has 0 saturated carbocycles. The monoisotopic (exact) mass is 348 g/mol. The van der Waals surface area contributed by atoms with Gasteiger partial charge in [-0.25, -0.2) is 0 Å². The minimum Gasteiger partial charge on any atom is -0.481 e. The zero-order valence-electron chi connectivity index (χ0n) is 13.8. The number of carbonyl (C=O) groups is 1. The highest BCUT2D eigenvalue weighted by Crippen LogP contribution is 2.21. The van der Waals surface area contributed by atoms with Gasteiger partial charge in [-0.05, 0) is 17.9 Å². The lowest BCUT2D eigenvalue weighted by atomic mass is 10.3. The quantitative estimate of drug-likeness (QED) is 0.841. The summed E-state index contributed by atoms with van der Waals surface area (Å²) in [7, 11) is 3.13. The lowest BCUT2D eigenvalue weighted by Crippen LogP contribution is -2.35. The predicted molar refractivity (Wildman–Crippen MR) is 92.2 cm³/mol. The first-order chi connectivity index (χ1) is 11.7. The summed E-state index contributed by atoms with van der Waals surface area (Å²) in [6.07, 6.45) is 0.860. The molecule has 0 spiro atoms. The highest BCUT2D eigenvalue weighted by molar-refractivity contribution is 7.08. The molecule has 1 aliphatic rings. The molecule has 0 atom stereocenters. The minimum atomic E-state index is 0.0854. The second-order valence-corrected chi connectivity index (χ2v) is 6.18. The maximum Gasteiger partial charge on any atom is 0.254 e. The number of nitrogens with zero attached hydrogens (tertiary/aromatic N) is 4. The molecule has 1 amide bonds. The third-order valence-corrected chi connectivity index (χ3v) is 4.60. The smallest absolute Gasteiger partial charge is 0.254 e. The van der Waals surface area contributed by atoms with E-state index in [1.54, 1.807) is 20.3 Å². The largest absolute Gasteiger partial charge is 0.481 e. The van der Waals surface area contributed by atoms with Crippen molar-refractivity contribution in [3.8, 4) is 11.8 Å². The van der Waals surface area contributed by atoms with E-state index in [2.05, 4.69) is 14.9 Å². The van der Waals surface area contributed by atoms with Gasteiger partial charge >= 0.3 is 0 Å². The van der Waals surface area contributed by atoms with Crippen molar-refractivity contribution in [1.29, 1.82) is 0 Å². The van der Waals surface area contributed by atoms with E-state index in [9.17, 15) is 4.79 Å². The SMILES string of the molecule is COc1cc(OC)nc(N2CCCN(C(=O)c3ccsc3)CC2)n1. The van der Waals surface area contributed by atoms with Gasteiger partial charge in [0.25, 0.3) is 5.91 Å². The first-order valence-corrected chi connectivity index (χ1v) is 8.69. The van der Waals surface area contributed by atoms with Gasteiger partial charge in [0.1, 0.15) is 0 Å². The van der Waals surface area contributed by atoms with Crippen LogP contribution in [-0.4, -0.2) is 61.2 Å². The number of aromatic nitrogens is 2. The maximum absolute atomic E-state index is 12.5. The molecule has 3 rings (SSSR count). The van der Waals surface area contributed by atoms with Crippen LogP contribution < -0.4 is 14.4 Å². The Hall–Kier alpha value is -2.35. The summed E-state index contributed by atoms with van der Waals surface area (Å²) in [6.45, 7) is 2.82. The summed E-state index contributed by atoms with van der Waals surface area (Å²) in [6, 6.07) is 3.51. The van der Waals surface area contributed by atoms with Gasteiger partial charge in [0.2, 0.25) is 17.7 Å². The van der Waals surface area contributed by atoms with E-state index in [1.165, 1.54) is 11.3 Å². The van der Waals surface area contributed by atoms with Gasteiger partial charge < -0.3 is 19.3 Å². The minimum absolute atomic E-state index is 0.0854. The average molecular weight is 348 g/mol. The molecule has 0 aliphatic carbocycles. The summed E-state index contributed by atoms with van der Waals surface area (Å²) in [4.78, 5) is 25.2. The van der Waals surface area contributed by atoms with Crippen molar-refractivity contribution in [2.45, 2.75) is 6.42 Å². The normalized spacial score (nSPS) is 15.1. The molecule has 0 aromatic carbocycles. The zero-order valence-corrected chi connectivity index (χ0v) is 14.6. The fourth-order valence-electron chi connectivity index (χ4n) is 2.63. The van der Waals surface area contributed by atoms with Crippen molar-refractivity contribution in [2.75, 3.05) is 45.3 Å². The van der Waals surface area contributed by atoms with Crippen molar-refractivity contribution in [3.63, 3.8) is 0 Å². The van der Waals surface area contributed by atoms with Gasteiger partial charge in [-0.15, -0.1) is 0 Å². The van der Waals surface area contributed by atoms with E-state index in [-0.39, 0.29) is 5.91 Å². The predicted octanol–water partition coefficient (Wildman–Crippen LogP) is 1.91. The van der Waals surface area contributed by atoms with Crippen LogP contribution in [0.3, 0.4) is 0 Å². The van der Waals surface area contributed by atoms with Crippen LogP contribution in [0.1, 0.15) is 16.8 Å². The molecule has 2 aromatic rings. The Morgan fingerprint density at radius 2 is 1.88 bits per heavy atom. The Bertz CT molecular complexity index is 670. The zero-order chi connectivity index (χ0) is 16.9. The first-order valence-electron chi connectivity index (χ1n) is 7.74. The molecular formula is C16H20N4O3S. The number of hydrogen-bond acceptors (Lipinski definition) is 7. The summed E-state index contributed by atoms with van der Waals surface area (Å²) in [5.74, 6) is 1.58. The van der Waals surface area contributed by atoms with Gasteiger partial charge in [0.05, 0.1) is 25.8 Å². The van der Waals surface area contributed by atoms with Gasteiger partial charge in [-0.2, -0.15) is 21.3 Å². The van der Waals surface area contributed by atoms with Crippen LogP contribution in [0, 0.1) is 0 Å². The van der Waals surface area contributed by atoms with E-state index >= 15 is 0 Å². The van der Waals surface area contributed by atoms with E-state index in [0.717, 1.165) is 25.1 Å². The van der Waals surface area contributed by atoms with E-state index in [1.807, 2.05) is 21.7 Å². The average Bonchev–Trinajstić information content (AvgIpc) is 3.05. The Morgan fingerprint density at radius 1 is 1.12 bits per heavy atom. The lowest BCUT2D eigenvalue weighted by molar-refractivity contribution is 0.0767. The Labute approximate surface area is 144 Å². The number of anilines is 1. The second-order valence-electron chi connectivity index (χ2n) is 5.40. The molecule has 1 saturated heterocycles. The third-order valence-electron chi connectivity index (χ3n) is 3.92. The van der Waals surface area contributed by atoms with Crippen LogP contribution in [0.25, 0.3) is 0 Å². The molecule has 0 N–H and O–H groups in total. The molecule has 7 nitrogen and oxygen atoms in total. The fourth-order valence-corrected chi connectivity index (χ4v) is 3.26. The van der Waals surface area contributed by atoms with Crippen molar-refractivity contribution in [1.82, 2.24) is 14.9 Å². The molecule has 2 aromatic heterocycles. The summed E-state index contributed by atoms with van der Waals surface area (Å²) in [5, 5.41) is 3.81. The molecular weight excluding hydrogens is 328 g/mol. The molecule has 8 heteroatoms. The molecule has 128 valence electrons. The van der Waals surface area contributed by atoms with Gasteiger partial charge in [-0.1, -0.05) is 0 Å². The number of methoxy groups -OCH3 is 2. The Kier molecular flexibility index (Phi) is 5.14. The van der Waals surface area contributed by atoms with E-state index < -0.39 is 0 Å². The van der Waals surface area contributed by atoms with Crippen molar-refractivity contribution in [3.05, 3.63) is 28.5 Å². The Morgan fingerprint density at radius 3 is 2.50 bits per heavy atom. The molecule has 1 aliphatic heterocycles. The van der Waals surface area contributed by atoms with Crippen LogP contribution >= 0.6 is 11.3 Å². The van der Waals surface area contributed by atoms with Gasteiger partial charge in [0, 0.05) is 31.6 Å². The van der Waals surface area contributed by atoms with Crippen LogP contribution in [-0.2, 0) is 0 Å². The van der Waals surface area contributed by atoms with Crippen LogP contribution in [0.2, 0.25) is 0 Å². The first kappa shape index (κ1) is 16.5. The number of rotatable bonds is 4. The standard InChI is InChI=1S/C16H20N4O3S/c1-22-13-10-14(23-2)18-16(17-13)20-6-3-5-19(7-8-20)15(21)12-4-9-24-11-12/h4,9-11H,3,5-8H2,1-2H3. The molecule has 0 unspecified atom stereocenters. The molecule has 0 bridgehead atoms. The van der Waals surface area contributed by atoms with E-state index in [0.29, 0.717) is 30.8 Å². The molecule has 24 heavy (non-hydrogen) atoms. The molecule has 0 radical (unpaired) electrons. The van der Waals surface area contributed by atoms with Crippen LogP contribution in [0.5, 0.6) is 11.8 Å². The number of amides is 1. The van der Waals surface area contributed by atoms with Crippen molar-refractivity contribution in [2.24, 2.45) is 0 Å². The highest BCUT2D eigenvalue weighted by atomic mass is 32.1. The number of carbonyl (C=O) groups excluding carboxylic acids is 1. The van der Waals surface area contributed by atoms with E-state index in [4.69, 9.17) is 9.47 Å². The lowest BCUT2D eigenvalue weighted by Gasteiger charge is -2.22.